The summed E-state index contributed by atoms with van der Waals surface area (Å²) in [5, 5.41) is 12.4. The van der Waals surface area contributed by atoms with E-state index in [1.165, 1.54) is 5.01 Å². The molecule has 29 heavy (non-hydrogen) atoms. The number of hydrogen-bond donors (Lipinski definition) is 1. The molecule has 1 N–H and O–H groups in total. The van der Waals surface area contributed by atoms with Crippen LogP contribution in [-0.2, 0) is 14.4 Å². The van der Waals surface area contributed by atoms with Crippen molar-refractivity contribution < 1.29 is 14.4 Å². The molecule has 0 saturated carbocycles. The minimum absolute atomic E-state index is 0.189. The number of fused-ring (bicyclic) bond motifs is 1. The molecule has 9 heteroatoms. The molecule has 8 nitrogen and oxygen atoms in total. The van der Waals surface area contributed by atoms with Gasteiger partial charge in [0.05, 0.1) is 5.69 Å². The molecule has 2 atom stereocenters. The zero-order valence-corrected chi connectivity index (χ0v) is 16.6. The van der Waals surface area contributed by atoms with Crippen molar-refractivity contribution >= 4 is 40.7 Å². The van der Waals surface area contributed by atoms with E-state index in [1.807, 2.05) is 32.0 Å². The highest BCUT2D eigenvalue weighted by atomic mass is 35.5. The number of imide groups is 1. The lowest BCUT2D eigenvalue weighted by molar-refractivity contribution is -0.123. The molecule has 2 aromatic carbocycles. The summed E-state index contributed by atoms with van der Waals surface area (Å²) in [6.45, 7) is 3.68. The van der Waals surface area contributed by atoms with E-state index in [-0.39, 0.29) is 12.5 Å². The molecule has 1 saturated heterocycles. The van der Waals surface area contributed by atoms with Gasteiger partial charge in [0.25, 0.3) is 11.8 Å². The molecule has 2 aliphatic rings. The maximum atomic E-state index is 12.9. The van der Waals surface area contributed by atoms with Crippen LogP contribution in [0, 0.1) is 13.8 Å². The van der Waals surface area contributed by atoms with Crippen LogP contribution in [0.3, 0.4) is 0 Å². The van der Waals surface area contributed by atoms with Crippen molar-refractivity contribution in [1.29, 1.82) is 0 Å². The molecular formula is C20H18ClN5O3. The fourth-order valence-corrected chi connectivity index (χ4v) is 3.62. The average Bonchev–Trinajstić information content (AvgIpc) is 3.19. The number of carbonyl (C=O) groups is 3. The molecule has 3 amide bonds. The molecular weight excluding hydrogens is 394 g/mol. The van der Waals surface area contributed by atoms with Crippen molar-refractivity contribution in [3.05, 3.63) is 58.6 Å². The van der Waals surface area contributed by atoms with Gasteiger partial charge in [-0.1, -0.05) is 34.5 Å². The Bertz CT molecular complexity index is 1040. The normalized spacial score (nSPS) is 20.4. The Balaban J connectivity index is 1.49. The Labute approximate surface area is 172 Å². The molecule has 2 aromatic rings. The maximum Gasteiger partial charge on any atom is 0.263 e. The second-order valence-corrected chi connectivity index (χ2v) is 7.48. The molecule has 0 spiro atoms. The summed E-state index contributed by atoms with van der Waals surface area (Å²) in [7, 11) is 0. The second kappa shape index (κ2) is 7.29. The van der Waals surface area contributed by atoms with Crippen LogP contribution in [0.5, 0.6) is 0 Å². The third-order valence-corrected chi connectivity index (χ3v) is 5.16. The number of halogens is 1. The first kappa shape index (κ1) is 19.1. The van der Waals surface area contributed by atoms with Gasteiger partial charge in [0.15, 0.2) is 12.1 Å². The molecule has 2 heterocycles. The van der Waals surface area contributed by atoms with Gasteiger partial charge in [0.2, 0.25) is 5.91 Å². The first-order valence-corrected chi connectivity index (χ1v) is 9.41. The van der Waals surface area contributed by atoms with Crippen molar-refractivity contribution in [2.24, 2.45) is 10.3 Å². The average molecular weight is 412 g/mol. The Kier molecular flexibility index (Phi) is 4.79. The quantitative estimate of drug-likeness (QED) is 0.782. The van der Waals surface area contributed by atoms with E-state index in [2.05, 4.69) is 15.7 Å². The predicted molar refractivity (Wildman–Crippen MR) is 108 cm³/mol. The van der Waals surface area contributed by atoms with Gasteiger partial charge in [-0.2, -0.15) is 5.11 Å². The maximum absolute atomic E-state index is 12.9. The smallest absolute Gasteiger partial charge is 0.263 e. The van der Waals surface area contributed by atoms with Crippen LogP contribution < -0.4 is 10.2 Å². The van der Waals surface area contributed by atoms with Crippen molar-refractivity contribution in [3.8, 4) is 0 Å². The molecule has 2 aliphatic heterocycles. The van der Waals surface area contributed by atoms with E-state index in [0.29, 0.717) is 16.4 Å². The number of carbonyl (C=O) groups excluding carboxylic acids is 3. The summed E-state index contributed by atoms with van der Waals surface area (Å²) in [4.78, 5) is 39.1. The Morgan fingerprint density at radius 3 is 2.52 bits per heavy atom. The van der Waals surface area contributed by atoms with Gasteiger partial charge in [0.1, 0.15) is 6.54 Å². The van der Waals surface area contributed by atoms with Gasteiger partial charge in [-0.15, -0.1) is 0 Å². The molecule has 0 aliphatic carbocycles. The standard InChI is InChI=1S/C20H18ClN5O3/c1-11-3-8-15(12(2)9-11)22-16(27)10-25-18-17(23-24-25)19(28)26(20(18)29)14-6-4-13(21)5-7-14/h3-9,17-18H,10H2,1-2H3,(H,22,27)/t17-,18+/m0/s1. The Morgan fingerprint density at radius 2 is 1.83 bits per heavy atom. The third-order valence-electron chi connectivity index (χ3n) is 4.90. The minimum Gasteiger partial charge on any atom is -0.324 e. The summed E-state index contributed by atoms with van der Waals surface area (Å²) < 4.78 is 0. The predicted octanol–water partition coefficient (Wildman–Crippen LogP) is 2.89. The first-order valence-electron chi connectivity index (χ1n) is 9.03. The number of nitrogens with zero attached hydrogens (tertiary/aromatic N) is 4. The van der Waals surface area contributed by atoms with Gasteiger partial charge in [-0.25, -0.2) is 4.90 Å². The summed E-state index contributed by atoms with van der Waals surface area (Å²) in [6, 6.07) is 10.2. The largest absolute Gasteiger partial charge is 0.324 e. The Hall–Kier alpha value is -3.26. The van der Waals surface area contributed by atoms with Gasteiger partial charge < -0.3 is 5.32 Å². The molecule has 0 aromatic heterocycles. The number of nitrogens with one attached hydrogen (secondary N) is 1. The van der Waals surface area contributed by atoms with E-state index in [1.54, 1.807) is 24.3 Å². The molecule has 0 bridgehead atoms. The molecule has 1 fully saturated rings. The SMILES string of the molecule is Cc1ccc(NC(=O)CN2N=N[C@@H]3C(=O)N(c4ccc(Cl)cc4)C(=O)[C@@H]32)c(C)c1. The minimum atomic E-state index is -0.952. The van der Waals surface area contributed by atoms with Crippen LogP contribution >= 0.6 is 11.6 Å². The zero-order chi connectivity index (χ0) is 20.7. The van der Waals surface area contributed by atoms with Crippen molar-refractivity contribution in [3.63, 3.8) is 0 Å². The summed E-state index contributed by atoms with van der Waals surface area (Å²) in [5.74, 6) is -1.28. The van der Waals surface area contributed by atoms with Gasteiger partial charge in [-0.3, -0.25) is 19.4 Å². The van der Waals surface area contributed by atoms with Gasteiger partial charge >= 0.3 is 0 Å². The second-order valence-electron chi connectivity index (χ2n) is 7.05. The molecule has 148 valence electrons. The van der Waals surface area contributed by atoms with Gasteiger partial charge in [0, 0.05) is 10.7 Å². The van der Waals surface area contributed by atoms with Crippen molar-refractivity contribution in [2.45, 2.75) is 25.9 Å². The van der Waals surface area contributed by atoms with E-state index >= 15 is 0 Å². The number of anilines is 2. The summed E-state index contributed by atoms with van der Waals surface area (Å²) in [6.07, 6.45) is 0. The fourth-order valence-electron chi connectivity index (χ4n) is 3.49. The lowest BCUT2D eigenvalue weighted by atomic mass is 10.1. The topological polar surface area (TPSA) is 94.4 Å². The Morgan fingerprint density at radius 1 is 1.10 bits per heavy atom. The third kappa shape index (κ3) is 3.47. The summed E-state index contributed by atoms with van der Waals surface area (Å²) in [5.41, 5.74) is 3.12. The first-order chi connectivity index (χ1) is 13.8. The van der Waals surface area contributed by atoms with Gasteiger partial charge in [-0.05, 0) is 49.7 Å². The fraction of sp³-hybridized carbons (Fsp3) is 0.250. The zero-order valence-electron chi connectivity index (χ0n) is 15.8. The van der Waals surface area contributed by atoms with Crippen LogP contribution in [0.2, 0.25) is 5.02 Å². The van der Waals surface area contributed by atoms with E-state index in [4.69, 9.17) is 11.6 Å². The number of hydrogen-bond acceptors (Lipinski definition) is 6. The number of amides is 3. The highest BCUT2D eigenvalue weighted by Gasteiger charge is 2.55. The summed E-state index contributed by atoms with van der Waals surface area (Å²) >= 11 is 5.88. The number of benzene rings is 2. The monoisotopic (exact) mass is 411 g/mol. The number of aryl methyl sites for hydroxylation is 2. The van der Waals surface area contributed by atoms with Crippen LogP contribution in [0.1, 0.15) is 11.1 Å². The van der Waals surface area contributed by atoms with Crippen molar-refractivity contribution in [2.75, 3.05) is 16.8 Å². The van der Waals surface area contributed by atoms with Crippen LogP contribution in [0.4, 0.5) is 11.4 Å². The number of rotatable bonds is 4. The molecule has 4 rings (SSSR count). The molecule has 0 radical (unpaired) electrons. The molecule has 0 unspecified atom stereocenters. The van der Waals surface area contributed by atoms with E-state index in [9.17, 15) is 14.4 Å². The van der Waals surface area contributed by atoms with Crippen LogP contribution in [0.15, 0.2) is 52.8 Å². The van der Waals surface area contributed by atoms with Crippen molar-refractivity contribution in [1.82, 2.24) is 5.01 Å². The van der Waals surface area contributed by atoms with Crippen LogP contribution in [0.25, 0.3) is 0 Å². The lowest BCUT2D eigenvalue weighted by Crippen LogP contribution is -2.43. The van der Waals surface area contributed by atoms with E-state index in [0.717, 1.165) is 16.0 Å². The lowest BCUT2D eigenvalue weighted by Gasteiger charge is -2.20. The van der Waals surface area contributed by atoms with Crippen LogP contribution in [-0.4, -0.2) is 41.4 Å². The highest BCUT2D eigenvalue weighted by Crippen LogP contribution is 2.32. The highest BCUT2D eigenvalue weighted by molar-refractivity contribution is 6.31. The van der Waals surface area contributed by atoms with E-state index < -0.39 is 23.9 Å².